The monoisotopic (exact) mass is 298 g/mol. The molecule has 3 aromatic rings. The van der Waals surface area contributed by atoms with Crippen molar-refractivity contribution in [3.8, 4) is 0 Å². The van der Waals surface area contributed by atoms with Gasteiger partial charge in [0.05, 0.1) is 0 Å². The Kier molecular flexibility index (Phi) is 3.84. The summed E-state index contributed by atoms with van der Waals surface area (Å²) >= 11 is 1.67. The summed E-state index contributed by atoms with van der Waals surface area (Å²) in [4.78, 5) is 0. The Bertz CT molecular complexity index is 759. The maximum atomic E-state index is 5.88. The Morgan fingerprint density at radius 1 is 1.10 bits per heavy atom. The molecule has 0 fully saturated rings. The van der Waals surface area contributed by atoms with Crippen LogP contribution < -0.4 is 5.73 Å². The van der Waals surface area contributed by atoms with Crippen LogP contribution in [0.3, 0.4) is 0 Å². The second-order valence-corrected chi connectivity index (χ2v) is 6.17. The van der Waals surface area contributed by atoms with E-state index in [0.29, 0.717) is 5.95 Å². The molecule has 2 N–H and O–H groups in total. The van der Waals surface area contributed by atoms with E-state index in [4.69, 9.17) is 5.73 Å². The van der Waals surface area contributed by atoms with Gasteiger partial charge in [0.25, 0.3) is 0 Å². The van der Waals surface area contributed by atoms with Gasteiger partial charge in [-0.1, -0.05) is 54.2 Å². The van der Waals surface area contributed by atoms with E-state index in [0.717, 1.165) is 10.9 Å². The highest BCUT2D eigenvalue weighted by Crippen LogP contribution is 2.28. The summed E-state index contributed by atoms with van der Waals surface area (Å²) < 4.78 is 1.97. The number of nitrogen functional groups attached to an aromatic ring is 1. The first-order valence-electron chi connectivity index (χ1n) is 6.96. The van der Waals surface area contributed by atoms with E-state index < -0.39 is 0 Å². The number of hydrogen-bond acceptors (Lipinski definition) is 4. The summed E-state index contributed by atoms with van der Waals surface area (Å²) in [5.41, 5.74) is 7.18. The molecule has 0 radical (unpaired) electrons. The van der Waals surface area contributed by atoms with Gasteiger partial charge in [-0.3, -0.25) is 4.57 Å². The highest BCUT2D eigenvalue weighted by molar-refractivity contribution is 7.98. The SMILES string of the molecule is CC(C)n1c(N)nnc1SCc1cccc2ccccc12. The van der Waals surface area contributed by atoms with Crippen LogP contribution in [0, 0.1) is 0 Å². The molecular weight excluding hydrogens is 280 g/mol. The average Bonchev–Trinajstić information content (AvgIpc) is 2.86. The van der Waals surface area contributed by atoms with E-state index in [2.05, 4.69) is 66.5 Å². The van der Waals surface area contributed by atoms with Crippen LogP contribution in [0.25, 0.3) is 10.8 Å². The molecule has 1 aromatic heterocycles. The Morgan fingerprint density at radius 2 is 1.86 bits per heavy atom. The summed E-state index contributed by atoms with van der Waals surface area (Å²) in [5, 5.41) is 11.6. The molecule has 0 unspecified atom stereocenters. The minimum atomic E-state index is 0.259. The van der Waals surface area contributed by atoms with Gasteiger partial charge in [0.15, 0.2) is 5.16 Å². The van der Waals surface area contributed by atoms with Crippen molar-refractivity contribution in [1.82, 2.24) is 14.8 Å². The number of hydrogen-bond donors (Lipinski definition) is 1. The molecule has 5 heteroatoms. The highest BCUT2D eigenvalue weighted by Gasteiger charge is 2.13. The molecule has 0 saturated heterocycles. The molecule has 0 saturated carbocycles. The molecule has 3 rings (SSSR count). The largest absolute Gasteiger partial charge is 0.368 e. The molecule has 1 heterocycles. The number of nitrogens with two attached hydrogens (primary N) is 1. The van der Waals surface area contributed by atoms with Gasteiger partial charge < -0.3 is 5.73 Å². The number of nitrogens with zero attached hydrogens (tertiary/aromatic N) is 3. The van der Waals surface area contributed by atoms with E-state index >= 15 is 0 Å². The van der Waals surface area contributed by atoms with E-state index in [1.165, 1.54) is 16.3 Å². The van der Waals surface area contributed by atoms with Gasteiger partial charge >= 0.3 is 0 Å². The predicted octanol–water partition coefficient (Wildman–Crippen LogP) is 3.89. The molecule has 4 nitrogen and oxygen atoms in total. The molecule has 108 valence electrons. The lowest BCUT2D eigenvalue weighted by Gasteiger charge is -2.11. The number of rotatable bonds is 4. The second-order valence-electron chi connectivity index (χ2n) is 5.23. The number of fused-ring (bicyclic) bond motifs is 1. The summed E-state index contributed by atoms with van der Waals surface area (Å²) in [6.07, 6.45) is 0. The number of aromatic nitrogens is 3. The first-order valence-corrected chi connectivity index (χ1v) is 7.95. The van der Waals surface area contributed by atoms with Crippen molar-refractivity contribution in [3.05, 3.63) is 48.0 Å². The summed E-state index contributed by atoms with van der Waals surface area (Å²) in [6, 6.07) is 15.1. The van der Waals surface area contributed by atoms with Crippen LogP contribution in [0.15, 0.2) is 47.6 Å². The van der Waals surface area contributed by atoms with Crippen LogP contribution in [0.1, 0.15) is 25.5 Å². The standard InChI is InChI=1S/C16H18N4S/c1-11(2)20-15(17)18-19-16(20)21-10-13-8-5-7-12-6-3-4-9-14(12)13/h3-9,11H,10H2,1-2H3,(H2,17,18). The molecule has 0 amide bonds. The van der Waals surface area contributed by atoms with Gasteiger partial charge in [0.2, 0.25) is 5.95 Å². The van der Waals surface area contributed by atoms with E-state index in [-0.39, 0.29) is 6.04 Å². The number of benzene rings is 2. The van der Waals surface area contributed by atoms with Crippen molar-refractivity contribution >= 4 is 28.5 Å². The molecule has 2 aromatic carbocycles. The second kappa shape index (κ2) is 5.77. The summed E-state index contributed by atoms with van der Waals surface area (Å²) in [7, 11) is 0. The minimum Gasteiger partial charge on any atom is -0.368 e. The fraction of sp³-hybridized carbons (Fsp3) is 0.250. The van der Waals surface area contributed by atoms with Crippen molar-refractivity contribution in [2.45, 2.75) is 30.8 Å². The maximum absolute atomic E-state index is 5.88. The van der Waals surface area contributed by atoms with Gasteiger partial charge in [-0.2, -0.15) is 0 Å². The van der Waals surface area contributed by atoms with E-state index in [1.807, 2.05) is 4.57 Å². The summed E-state index contributed by atoms with van der Waals surface area (Å²) in [6.45, 7) is 4.17. The van der Waals surface area contributed by atoms with Gasteiger partial charge in [0, 0.05) is 11.8 Å². The third kappa shape index (κ3) is 2.74. The average molecular weight is 298 g/mol. The molecule has 0 atom stereocenters. The first kappa shape index (κ1) is 13.9. The number of anilines is 1. The molecule has 0 spiro atoms. The zero-order chi connectivity index (χ0) is 14.8. The normalized spacial score (nSPS) is 11.4. The van der Waals surface area contributed by atoms with Gasteiger partial charge in [-0.25, -0.2) is 0 Å². The third-order valence-corrected chi connectivity index (χ3v) is 4.44. The molecule has 0 aliphatic carbocycles. The lowest BCUT2D eigenvalue weighted by atomic mass is 10.1. The smallest absolute Gasteiger partial charge is 0.222 e. The Hall–Kier alpha value is -2.01. The van der Waals surface area contributed by atoms with Crippen molar-refractivity contribution < 1.29 is 0 Å². The highest BCUT2D eigenvalue weighted by atomic mass is 32.2. The Morgan fingerprint density at radius 3 is 2.67 bits per heavy atom. The van der Waals surface area contributed by atoms with Crippen LogP contribution in [0.5, 0.6) is 0 Å². The van der Waals surface area contributed by atoms with Gasteiger partial charge in [0.1, 0.15) is 0 Å². The molecule has 0 aliphatic heterocycles. The quantitative estimate of drug-likeness (QED) is 0.742. The third-order valence-electron chi connectivity index (χ3n) is 3.44. The van der Waals surface area contributed by atoms with Crippen molar-refractivity contribution in [2.24, 2.45) is 0 Å². The van der Waals surface area contributed by atoms with Crippen LogP contribution in [0.4, 0.5) is 5.95 Å². The maximum Gasteiger partial charge on any atom is 0.222 e. The molecule has 21 heavy (non-hydrogen) atoms. The molecular formula is C16H18N4S. The fourth-order valence-electron chi connectivity index (χ4n) is 2.43. The van der Waals surface area contributed by atoms with Crippen LogP contribution in [-0.2, 0) is 5.75 Å². The van der Waals surface area contributed by atoms with E-state index in [9.17, 15) is 0 Å². The minimum absolute atomic E-state index is 0.259. The number of thioether (sulfide) groups is 1. The first-order chi connectivity index (χ1) is 10.2. The fourth-order valence-corrected chi connectivity index (χ4v) is 3.51. The van der Waals surface area contributed by atoms with Crippen LogP contribution in [-0.4, -0.2) is 14.8 Å². The van der Waals surface area contributed by atoms with Gasteiger partial charge in [-0.15, -0.1) is 10.2 Å². The Balaban J connectivity index is 1.87. The lowest BCUT2D eigenvalue weighted by Crippen LogP contribution is -2.07. The Labute approximate surface area is 128 Å². The topological polar surface area (TPSA) is 56.7 Å². The summed E-state index contributed by atoms with van der Waals surface area (Å²) in [5.74, 6) is 1.33. The van der Waals surface area contributed by atoms with Crippen molar-refractivity contribution in [1.29, 1.82) is 0 Å². The molecule has 0 bridgehead atoms. The van der Waals surface area contributed by atoms with Crippen LogP contribution >= 0.6 is 11.8 Å². The molecule has 0 aliphatic rings. The van der Waals surface area contributed by atoms with Crippen LogP contribution in [0.2, 0.25) is 0 Å². The van der Waals surface area contributed by atoms with E-state index in [1.54, 1.807) is 11.8 Å². The van der Waals surface area contributed by atoms with Crippen molar-refractivity contribution in [3.63, 3.8) is 0 Å². The lowest BCUT2D eigenvalue weighted by molar-refractivity contribution is 0.557. The predicted molar refractivity (Wildman–Crippen MR) is 88.3 cm³/mol. The van der Waals surface area contributed by atoms with Gasteiger partial charge in [-0.05, 0) is 30.2 Å². The van der Waals surface area contributed by atoms with Crippen molar-refractivity contribution in [2.75, 3.05) is 5.73 Å². The zero-order valence-electron chi connectivity index (χ0n) is 12.2. The zero-order valence-corrected chi connectivity index (χ0v) is 13.0.